The maximum absolute atomic E-state index is 12.3. The molecule has 2 fully saturated rings. The van der Waals surface area contributed by atoms with Crippen LogP contribution in [0.5, 0.6) is 0 Å². The highest BCUT2D eigenvalue weighted by Crippen LogP contribution is 2.25. The van der Waals surface area contributed by atoms with Crippen LogP contribution in [0.15, 0.2) is 0 Å². The summed E-state index contributed by atoms with van der Waals surface area (Å²) in [5, 5.41) is 12.8. The maximum atomic E-state index is 12.3. The van der Waals surface area contributed by atoms with Gasteiger partial charge < -0.3 is 15.3 Å². The summed E-state index contributed by atoms with van der Waals surface area (Å²) in [4.78, 5) is 16.5. The van der Waals surface area contributed by atoms with Crippen LogP contribution in [0.3, 0.4) is 0 Å². The molecule has 0 aromatic heterocycles. The molecule has 22 heavy (non-hydrogen) atoms. The zero-order valence-electron chi connectivity index (χ0n) is 14.5. The molecule has 2 amide bonds. The number of rotatable bonds is 4. The number of carbonyl (C=O) groups is 1. The van der Waals surface area contributed by atoms with E-state index in [-0.39, 0.29) is 17.7 Å². The van der Waals surface area contributed by atoms with E-state index in [4.69, 9.17) is 0 Å². The van der Waals surface area contributed by atoms with Crippen molar-refractivity contribution in [1.82, 2.24) is 15.1 Å². The van der Waals surface area contributed by atoms with Crippen LogP contribution in [0, 0.1) is 5.92 Å². The molecule has 0 aliphatic carbocycles. The predicted molar refractivity (Wildman–Crippen MR) is 88.9 cm³/mol. The van der Waals surface area contributed by atoms with Gasteiger partial charge in [0.25, 0.3) is 0 Å². The van der Waals surface area contributed by atoms with Gasteiger partial charge in [-0.1, -0.05) is 13.3 Å². The monoisotopic (exact) mass is 311 g/mol. The lowest BCUT2D eigenvalue weighted by atomic mass is 9.91. The lowest BCUT2D eigenvalue weighted by Gasteiger charge is -2.44. The second-order valence-corrected chi connectivity index (χ2v) is 7.58. The third-order valence-corrected chi connectivity index (χ3v) is 5.31. The first kappa shape index (κ1) is 17.5. The van der Waals surface area contributed by atoms with E-state index in [0.29, 0.717) is 13.1 Å². The number of likely N-dealkylation sites (tertiary alicyclic amines) is 2. The lowest BCUT2D eigenvalue weighted by molar-refractivity contribution is 0.0608. The minimum atomic E-state index is -0.361. The summed E-state index contributed by atoms with van der Waals surface area (Å²) in [5.41, 5.74) is -0.0160. The van der Waals surface area contributed by atoms with Crippen LogP contribution in [0.2, 0.25) is 0 Å². The Labute approximate surface area is 135 Å². The van der Waals surface area contributed by atoms with Gasteiger partial charge in [0.2, 0.25) is 0 Å². The molecule has 5 heteroatoms. The van der Waals surface area contributed by atoms with Crippen molar-refractivity contribution < 1.29 is 9.90 Å². The molecular weight excluding hydrogens is 278 g/mol. The van der Waals surface area contributed by atoms with E-state index in [1.54, 1.807) is 4.90 Å². The normalized spacial score (nSPS) is 27.7. The SMILES string of the molecule is CCC1CCCN(C(C)(C)CNC(=O)N2CCCC(O)C2)C1. The van der Waals surface area contributed by atoms with E-state index in [0.717, 1.165) is 38.4 Å². The number of nitrogens with one attached hydrogen (secondary N) is 1. The predicted octanol–water partition coefficient (Wildman–Crippen LogP) is 2.05. The van der Waals surface area contributed by atoms with Gasteiger partial charge in [-0.05, 0) is 52.0 Å². The molecule has 2 aliphatic heterocycles. The summed E-state index contributed by atoms with van der Waals surface area (Å²) >= 11 is 0. The van der Waals surface area contributed by atoms with E-state index in [1.165, 1.54) is 19.3 Å². The Balaban J connectivity index is 1.82. The zero-order valence-corrected chi connectivity index (χ0v) is 14.5. The minimum Gasteiger partial charge on any atom is -0.391 e. The molecule has 0 aromatic carbocycles. The van der Waals surface area contributed by atoms with Crippen LogP contribution in [-0.2, 0) is 0 Å². The van der Waals surface area contributed by atoms with Gasteiger partial charge in [-0.25, -0.2) is 4.79 Å². The number of hydrogen-bond acceptors (Lipinski definition) is 3. The van der Waals surface area contributed by atoms with Crippen molar-refractivity contribution in [3.05, 3.63) is 0 Å². The van der Waals surface area contributed by atoms with E-state index in [1.807, 2.05) is 0 Å². The van der Waals surface area contributed by atoms with Gasteiger partial charge in [-0.15, -0.1) is 0 Å². The van der Waals surface area contributed by atoms with Crippen molar-refractivity contribution in [2.75, 3.05) is 32.7 Å². The van der Waals surface area contributed by atoms with E-state index in [2.05, 4.69) is 31.0 Å². The Morgan fingerprint density at radius 3 is 2.64 bits per heavy atom. The Hall–Kier alpha value is -0.810. The summed E-state index contributed by atoms with van der Waals surface area (Å²) in [5.74, 6) is 0.793. The summed E-state index contributed by atoms with van der Waals surface area (Å²) in [6.07, 6.45) is 5.17. The van der Waals surface area contributed by atoms with E-state index < -0.39 is 0 Å². The first-order chi connectivity index (χ1) is 10.4. The van der Waals surface area contributed by atoms with Gasteiger partial charge in [-0.2, -0.15) is 0 Å². The van der Waals surface area contributed by atoms with Gasteiger partial charge in [0.1, 0.15) is 0 Å². The van der Waals surface area contributed by atoms with Crippen LogP contribution >= 0.6 is 0 Å². The van der Waals surface area contributed by atoms with E-state index >= 15 is 0 Å². The van der Waals surface area contributed by atoms with E-state index in [9.17, 15) is 9.90 Å². The van der Waals surface area contributed by atoms with Crippen LogP contribution in [-0.4, -0.2) is 65.3 Å². The number of urea groups is 1. The number of aliphatic hydroxyl groups is 1. The minimum absolute atomic E-state index is 0.0160. The van der Waals surface area contributed by atoms with Gasteiger partial charge in [0.05, 0.1) is 6.10 Å². The maximum Gasteiger partial charge on any atom is 0.317 e. The number of aliphatic hydroxyl groups excluding tert-OH is 1. The zero-order chi connectivity index (χ0) is 16.2. The first-order valence-corrected chi connectivity index (χ1v) is 8.88. The van der Waals surface area contributed by atoms with Crippen molar-refractivity contribution in [3.8, 4) is 0 Å². The average Bonchev–Trinajstić information content (AvgIpc) is 2.52. The van der Waals surface area contributed by atoms with Crippen molar-refractivity contribution in [1.29, 1.82) is 0 Å². The molecule has 2 atom stereocenters. The third kappa shape index (κ3) is 4.59. The number of carbonyl (C=O) groups excluding carboxylic acids is 1. The smallest absolute Gasteiger partial charge is 0.317 e. The van der Waals surface area contributed by atoms with Crippen LogP contribution in [0.4, 0.5) is 4.79 Å². The Morgan fingerprint density at radius 1 is 1.23 bits per heavy atom. The summed E-state index contributed by atoms with van der Waals surface area (Å²) < 4.78 is 0. The highest BCUT2D eigenvalue weighted by atomic mass is 16.3. The molecule has 0 saturated carbocycles. The second kappa shape index (κ2) is 7.64. The van der Waals surface area contributed by atoms with Gasteiger partial charge in [0.15, 0.2) is 0 Å². The lowest BCUT2D eigenvalue weighted by Crippen LogP contribution is -2.57. The van der Waals surface area contributed by atoms with Crippen LogP contribution in [0.25, 0.3) is 0 Å². The quantitative estimate of drug-likeness (QED) is 0.835. The molecule has 0 bridgehead atoms. The molecule has 2 saturated heterocycles. The molecule has 0 radical (unpaired) electrons. The molecule has 5 nitrogen and oxygen atoms in total. The summed E-state index contributed by atoms with van der Waals surface area (Å²) in [6.45, 7) is 10.9. The fourth-order valence-corrected chi connectivity index (χ4v) is 3.60. The number of amides is 2. The molecule has 2 unspecified atom stereocenters. The molecule has 2 aliphatic rings. The van der Waals surface area contributed by atoms with Crippen molar-refractivity contribution in [3.63, 3.8) is 0 Å². The largest absolute Gasteiger partial charge is 0.391 e. The van der Waals surface area contributed by atoms with Crippen molar-refractivity contribution in [2.24, 2.45) is 5.92 Å². The highest BCUT2D eigenvalue weighted by molar-refractivity contribution is 5.74. The average molecular weight is 311 g/mol. The molecular formula is C17H33N3O2. The number of hydrogen-bond donors (Lipinski definition) is 2. The van der Waals surface area contributed by atoms with Gasteiger partial charge in [0, 0.05) is 31.7 Å². The fourth-order valence-electron chi connectivity index (χ4n) is 3.60. The van der Waals surface area contributed by atoms with Crippen LogP contribution in [0.1, 0.15) is 52.9 Å². The Bertz CT molecular complexity index is 373. The van der Waals surface area contributed by atoms with Gasteiger partial charge in [-0.3, -0.25) is 4.90 Å². The molecule has 128 valence electrons. The summed E-state index contributed by atoms with van der Waals surface area (Å²) in [6, 6.07) is -0.0316. The molecule has 2 heterocycles. The Kier molecular flexibility index (Phi) is 6.09. The third-order valence-electron chi connectivity index (χ3n) is 5.31. The molecule has 0 aromatic rings. The highest BCUT2D eigenvalue weighted by Gasteiger charge is 2.32. The molecule has 2 rings (SSSR count). The standard InChI is InChI=1S/C17H33N3O2/c1-4-14-7-5-10-20(11-14)17(2,3)13-18-16(22)19-9-6-8-15(21)12-19/h14-15,21H,4-13H2,1-3H3,(H,18,22). The second-order valence-electron chi connectivity index (χ2n) is 7.58. The first-order valence-electron chi connectivity index (χ1n) is 8.88. The molecule has 0 spiro atoms. The Morgan fingerprint density at radius 2 is 1.95 bits per heavy atom. The number of β-amino-alcohol motifs (C(OH)–C–C–N with tert-alkyl or cyclic N) is 1. The number of piperidine rings is 2. The van der Waals surface area contributed by atoms with Crippen LogP contribution < -0.4 is 5.32 Å². The van der Waals surface area contributed by atoms with Gasteiger partial charge >= 0.3 is 6.03 Å². The van der Waals surface area contributed by atoms with Crippen molar-refractivity contribution >= 4 is 6.03 Å². The topological polar surface area (TPSA) is 55.8 Å². The molecule has 2 N–H and O–H groups in total. The number of nitrogens with zero attached hydrogens (tertiary/aromatic N) is 2. The fraction of sp³-hybridized carbons (Fsp3) is 0.941. The van der Waals surface area contributed by atoms with Crippen molar-refractivity contribution in [2.45, 2.75) is 64.5 Å². The summed E-state index contributed by atoms with van der Waals surface area (Å²) in [7, 11) is 0.